The topological polar surface area (TPSA) is 35.1 Å². The van der Waals surface area contributed by atoms with Crippen molar-refractivity contribution in [3.05, 3.63) is 158 Å². The van der Waals surface area contributed by atoms with Crippen molar-refractivity contribution in [3.63, 3.8) is 0 Å². The summed E-state index contributed by atoms with van der Waals surface area (Å²) >= 11 is 0. The maximum absolute atomic E-state index is 5.50. The third kappa shape index (κ3) is 3.25. The lowest BCUT2D eigenvalue weighted by Crippen LogP contribution is -2.04. The van der Waals surface area contributed by atoms with Crippen molar-refractivity contribution in [3.8, 4) is 17.2 Å². The average Bonchev–Trinajstić information content (AvgIpc) is 3.68. The van der Waals surface area contributed by atoms with Crippen molar-refractivity contribution in [1.82, 2.24) is 18.9 Å². The summed E-state index contributed by atoms with van der Waals surface area (Å²) in [6, 6.07) is 56.9. The van der Waals surface area contributed by atoms with Gasteiger partial charge in [-0.1, -0.05) is 133 Å². The minimum absolute atomic E-state index is 0.670. The number of aromatic nitrogens is 4. The van der Waals surface area contributed by atoms with E-state index in [-0.39, 0.29) is 0 Å². The molecule has 0 bridgehead atoms. The van der Waals surface area contributed by atoms with Crippen LogP contribution in [0, 0.1) is 0 Å². The number of para-hydroxylation sites is 3. The first-order valence-corrected chi connectivity index (χ1v) is 17.1. The van der Waals surface area contributed by atoms with Gasteiger partial charge in [-0.2, -0.15) is 0 Å². The van der Waals surface area contributed by atoms with Gasteiger partial charge in [0.05, 0.1) is 38.8 Å². The van der Waals surface area contributed by atoms with Gasteiger partial charge in [0.2, 0.25) is 5.95 Å². The second kappa shape index (κ2) is 9.43. The largest absolute Gasteiger partial charge is 0.308 e. The molecule has 0 atom stereocenters. The standard InChI is InChI=1S/C46H26N4/c1-2-13-27(14-3-1)42-35-20-8-10-23-37(35)47-46(48-42)50-44-30-17-6-4-15-28(30)25-36-34-22-12-21-33-32-19-9-11-24-38(32)49(43(33)34)39-26-29-16-5-7-18-31(29)45(50)41(39)40(36)44/h1-26H. The zero-order valence-corrected chi connectivity index (χ0v) is 26.8. The molecule has 50 heavy (non-hydrogen) atoms. The van der Waals surface area contributed by atoms with E-state index >= 15 is 0 Å². The molecule has 0 aliphatic heterocycles. The Morgan fingerprint density at radius 3 is 1.78 bits per heavy atom. The molecule has 0 saturated heterocycles. The van der Waals surface area contributed by atoms with E-state index in [1.165, 1.54) is 70.4 Å². The first-order chi connectivity index (χ1) is 24.8. The van der Waals surface area contributed by atoms with Crippen molar-refractivity contribution in [2.75, 3.05) is 0 Å². The van der Waals surface area contributed by atoms with E-state index in [0.717, 1.165) is 33.2 Å². The number of benzene rings is 8. The van der Waals surface area contributed by atoms with Crippen LogP contribution in [0.1, 0.15) is 0 Å². The Labute approximate surface area is 285 Å². The molecule has 4 aromatic heterocycles. The molecule has 0 amide bonds. The fraction of sp³-hybridized carbons (Fsp3) is 0. The highest BCUT2D eigenvalue weighted by Crippen LogP contribution is 2.48. The molecular weight excluding hydrogens is 609 g/mol. The number of fused-ring (bicyclic) bond motifs is 10. The predicted molar refractivity (Wildman–Crippen MR) is 209 cm³/mol. The van der Waals surface area contributed by atoms with Crippen LogP contribution in [-0.2, 0) is 0 Å². The van der Waals surface area contributed by atoms with E-state index in [2.05, 4.69) is 167 Å². The molecule has 0 saturated carbocycles. The van der Waals surface area contributed by atoms with Crippen LogP contribution < -0.4 is 0 Å². The Kier molecular flexibility index (Phi) is 4.94. The summed E-state index contributed by atoms with van der Waals surface area (Å²) in [4.78, 5) is 10.9. The summed E-state index contributed by atoms with van der Waals surface area (Å²) in [5, 5.41) is 13.2. The van der Waals surface area contributed by atoms with Crippen molar-refractivity contribution < 1.29 is 0 Å². The molecule has 0 fully saturated rings. The van der Waals surface area contributed by atoms with Crippen molar-refractivity contribution in [2.24, 2.45) is 0 Å². The fourth-order valence-corrected chi connectivity index (χ4v) is 8.77. The summed E-state index contributed by atoms with van der Waals surface area (Å²) in [7, 11) is 0. The van der Waals surface area contributed by atoms with Gasteiger partial charge in [0.1, 0.15) is 0 Å². The Morgan fingerprint density at radius 1 is 0.380 bits per heavy atom. The Bertz CT molecular complexity index is 3370. The predicted octanol–water partition coefficient (Wildman–Crippen LogP) is 11.9. The second-order valence-electron chi connectivity index (χ2n) is 13.4. The zero-order chi connectivity index (χ0) is 32.5. The quantitative estimate of drug-likeness (QED) is 0.190. The van der Waals surface area contributed by atoms with Crippen molar-refractivity contribution >= 4 is 92.3 Å². The Morgan fingerprint density at radius 2 is 0.980 bits per heavy atom. The van der Waals surface area contributed by atoms with Gasteiger partial charge in [-0.25, -0.2) is 9.97 Å². The van der Waals surface area contributed by atoms with Crippen LogP contribution in [0.2, 0.25) is 0 Å². The molecule has 0 aliphatic rings. The molecule has 0 N–H and O–H groups in total. The van der Waals surface area contributed by atoms with Gasteiger partial charge in [-0.05, 0) is 40.4 Å². The molecule has 12 aromatic rings. The van der Waals surface area contributed by atoms with E-state index in [9.17, 15) is 0 Å². The monoisotopic (exact) mass is 634 g/mol. The van der Waals surface area contributed by atoms with Gasteiger partial charge in [-0.3, -0.25) is 4.57 Å². The molecule has 0 spiro atoms. The summed E-state index contributed by atoms with van der Waals surface area (Å²) in [6.45, 7) is 0. The van der Waals surface area contributed by atoms with Crippen molar-refractivity contribution in [1.29, 1.82) is 0 Å². The third-order valence-corrected chi connectivity index (χ3v) is 10.8. The third-order valence-electron chi connectivity index (χ3n) is 10.8. The Hall–Kier alpha value is -6.78. The van der Waals surface area contributed by atoms with Crippen LogP contribution in [0.15, 0.2) is 158 Å². The number of nitrogens with zero attached hydrogens (tertiary/aromatic N) is 4. The lowest BCUT2D eigenvalue weighted by Gasteiger charge is -2.14. The maximum Gasteiger partial charge on any atom is 0.235 e. The SMILES string of the molecule is c1ccc(-c2nc(-n3c4c5ccccc5cc5c6cccc7c8ccccc8n(c8cc9ccccc9c3c8c54)c67)nc3ccccc23)cc1. The van der Waals surface area contributed by atoms with Crippen molar-refractivity contribution in [2.45, 2.75) is 0 Å². The zero-order valence-electron chi connectivity index (χ0n) is 26.8. The first-order valence-electron chi connectivity index (χ1n) is 17.1. The van der Waals surface area contributed by atoms with E-state index in [1.807, 2.05) is 0 Å². The lowest BCUT2D eigenvalue weighted by molar-refractivity contribution is 1.02. The van der Waals surface area contributed by atoms with Gasteiger partial charge in [0.25, 0.3) is 0 Å². The van der Waals surface area contributed by atoms with Gasteiger partial charge in [0, 0.05) is 48.7 Å². The molecule has 0 radical (unpaired) electrons. The van der Waals surface area contributed by atoms with E-state index in [4.69, 9.17) is 9.97 Å². The highest BCUT2D eigenvalue weighted by molar-refractivity contribution is 6.37. The molecule has 4 heteroatoms. The molecule has 4 nitrogen and oxygen atoms in total. The van der Waals surface area contributed by atoms with Gasteiger partial charge in [0.15, 0.2) is 0 Å². The van der Waals surface area contributed by atoms with Crippen LogP contribution in [0.3, 0.4) is 0 Å². The maximum atomic E-state index is 5.50. The van der Waals surface area contributed by atoms with E-state index < -0.39 is 0 Å². The molecule has 230 valence electrons. The van der Waals surface area contributed by atoms with Gasteiger partial charge < -0.3 is 4.40 Å². The number of hydrogen-bond donors (Lipinski definition) is 0. The highest BCUT2D eigenvalue weighted by Gasteiger charge is 2.26. The molecule has 8 aromatic carbocycles. The molecular formula is C46H26N4. The Balaban J connectivity index is 1.44. The second-order valence-corrected chi connectivity index (χ2v) is 13.4. The first kappa shape index (κ1) is 26.2. The highest BCUT2D eigenvalue weighted by atomic mass is 15.2. The van der Waals surface area contributed by atoms with Crippen LogP contribution in [0.25, 0.3) is 110 Å². The minimum atomic E-state index is 0.670. The summed E-state index contributed by atoms with van der Waals surface area (Å²) in [6.07, 6.45) is 0. The van der Waals surface area contributed by atoms with Crippen LogP contribution in [-0.4, -0.2) is 18.9 Å². The smallest absolute Gasteiger partial charge is 0.235 e. The number of rotatable bonds is 2. The summed E-state index contributed by atoms with van der Waals surface area (Å²) in [5.74, 6) is 0.670. The summed E-state index contributed by atoms with van der Waals surface area (Å²) in [5.41, 5.74) is 8.81. The average molecular weight is 635 g/mol. The summed E-state index contributed by atoms with van der Waals surface area (Å²) < 4.78 is 4.89. The lowest BCUT2D eigenvalue weighted by atomic mass is 9.98. The molecule has 0 aliphatic carbocycles. The molecule has 4 heterocycles. The van der Waals surface area contributed by atoms with E-state index in [0.29, 0.717) is 5.95 Å². The van der Waals surface area contributed by atoms with Crippen LogP contribution >= 0.6 is 0 Å². The van der Waals surface area contributed by atoms with E-state index in [1.54, 1.807) is 0 Å². The van der Waals surface area contributed by atoms with Gasteiger partial charge >= 0.3 is 0 Å². The normalized spacial score (nSPS) is 12.4. The van der Waals surface area contributed by atoms with Gasteiger partial charge in [-0.15, -0.1) is 0 Å². The minimum Gasteiger partial charge on any atom is -0.308 e. The molecule has 12 rings (SSSR count). The van der Waals surface area contributed by atoms with Crippen LogP contribution in [0.4, 0.5) is 0 Å². The fourth-order valence-electron chi connectivity index (χ4n) is 8.77. The number of hydrogen-bond acceptors (Lipinski definition) is 2. The van der Waals surface area contributed by atoms with Crippen LogP contribution in [0.5, 0.6) is 0 Å². The molecule has 0 unspecified atom stereocenters.